The van der Waals surface area contributed by atoms with E-state index < -0.39 is 12.0 Å². The minimum Gasteiger partial charge on any atom is -0.496 e. The number of aromatic nitrogens is 1. The number of anilines is 1. The van der Waals surface area contributed by atoms with Crippen LogP contribution in [0.5, 0.6) is 5.75 Å². The summed E-state index contributed by atoms with van der Waals surface area (Å²) in [7, 11) is 1.60. The molecule has 0 aliphatic carbocycles. The molecule has 3 aromatic rings. The second-order valence-corrected chi connectivity index (χ2v) is 11.9. The molecule has 3 heterocycles. The molecule has 5 rings (SSSR count). The smallest absolute Gasteiger partial charge is 0.338 e. The molecular formula is C31H34BrN3O4S. The number of aryl methyl sites for hydroxylation is 1. The third-order valence-corrected chi connectivity index (χ3v) is 9.00. The van der Waals surface area contributed by atoms with Gasteiger partial charge in [-0.2, -0.15) is 0 Å². The van der Waals surface area contributed by atoms with Crippen molar-refractivity contribution in [2.75, 3.05) is 31.7 Å². The number of thiazole rings is 1. The van der Waals surface area contributed by atoms with E-state index in [1.54, 1.807) is 18.6 Å². The van der Waals surface area contributed by atoms with E-state index in [9.17, 15) is 9.59 Å². The van der Waals surface area contributed by atoms with E-state index in [2.05, 4.69) is 46.0 Å². The number of halogens is 1. The lowest BCUT2D eigenvalue weighted by atomic mass is 9.94. The summed E-state index contributed by atoms with van der Waals surface area (Å²) >= 11 is 4.94. The molecule has 0 bridgehead atoms. The van der Waals surface area contributed by atoms with Crippen LogP contribution in [0.3, 0.4) is 0 Å². The van der Waals surface area contributed by atoms with E-state index >= 15 is 0 Å². The van der Waals surface area contributed by atoms with Crippen molar-refractivity contribution in [1.29, 1.82) is 0 Å². The number of benzene rings is 2. The van der Waals surface area contributed by atoms with E-state index in [4.69, 9.17) is 14.5 Å². The van der Waals surface area contributed by atoms with Crippen LogP contribution in [-0.2, 0) is 9.53 Å². The van der Waals surface area contributed by atoms with Crippen molar-refractivity contribution in [3.8, 4) is 5.75 Å². The zero-order chi connectivity index (χ0) is 28.4. The first-order valence-electron chi connectivity index (χ1n) is 13.8. The van der Waals surface area contributed by atoms with Crippen LogP contribution in [-0.4, -0.2) is 37.3 Å². The number of nitrogens with zero attached hydrogens (tertiary/aromatic N) is 3. The van der Waals surface area contributed by atoms with Crippen molar-refractivity contribution in [3.63, 3.8) is 0 Å². The van der Waals surface area contributed by atoms with Crippen LogP contribution in [0, 0.1) is 6.92 Å². The molecule has 0 amide bonds. The average Bonchev–Trinajstić information content (AvgIpc) is 3.58. The van der Waals surface area contributed by atoms with Crippen molar-refractivity contribution < 1.29 is 14.3 Å². The molecule has 9 heteroatoms. The first-order valence-corrected chi connectivity index (χ1v) is 15.4. The van der Waals surface area contributed by atoms with Crippen LogP contribution in [0.15, 0.2) is 61.9 Å². The SMILES string of the molecule is CCCC1=C(C(=O)OCC)[C@H](c2ccc(OC)c(Br)c2)n2c(s/c(=C/c3ccc(N4CCCC4)cc3C)c2=O)=N1. The van der Waals surface area contributed by atoms with Crippen LogP contribution in [0.4, 0.5) is 5.69 Å². The molecule has 1 fully saturated rings. The molecule has 1 saturated heterocycles. The highest BCUT2D eigenvalue weighted by atomic mass is 79.9. The molecule has 0 N–H and O–H groups in total. The van der Waals surface area contributed by atoms with E-state index in [0.29, 0.717) is 32.8 Å². The highest BCUT2D eigenvalue weighted by Crippen LogP contribution is 2.36. The van der Waals surface area contributed by atoms with Gasteiger partial charge in [0.05, 0.1) is 40.0 Å². The van der Waals surface area contributed by atoms with Gasteiger partial charge in [0.25, 0.3) is 5.56 Å². The molecule has 7 nitrogen and oxygen atoms in total. The Morgan fingerprint density at radius 3 is 2.60 bits per heavy atom. The molecule has 1 aromatic heterocycles. The minimum atomic E-state index is -0.667. The third-order valence-electron chi connectivity index (χ3n) is 7.39. The van der Waals surface area contributed by atoms with Crippen LogP contribution < -0.4 is 24.5 Å². The van der Waals surface area contributed by atoms with Gasteiger partial charge in [0.2, 0.25) is 0 Å². The Balaban J connectivity index is 1.68. The standard InChI is InChI=1S/C31H34BrN3O4S/c1-5-9-24-27(30(37)39-6-2)28(21-11-13-25(38-4)23(32)17-21)35-29(36)26(40-31(35)33-24)18-20-10-12-22(16-19(20)3)34-14-7-8-15-34/h10-13,16-18,28H,5-9,14-15H2,1-4H3/b26-18+/t28-/m0/s1. The first-order chi connectivity index (χ1) is 19.4. The predicted octanol–water partition coefficient (Wildman–Crippen LogP) is 5.26. The fourth-order valence-corrected chi connectivity index (χ4v) is 6.99. The van der Waals surface area contributed by atoms with Crippen molar-refractivity contribution >= 4 is 45.0 Å². The normalized spacial score (nSPS) is 17.2. The van der Waals surface area contributed by atoms with Gasteiger partial charge < -0.3 is 14.4 Å². The number of fused-ring (bicyclic) bond motifs is 1. The van der Waals surface area contributed by atoms with Gasteiger partial charge in [-0.05, 0) is 96.1 Å². The zero-order valence-corrected chi connectivity index (χ0v) is 25.7. The Kier molecular flexibility index (Phi) is 8.61. The Labute approximate surface area is 246 Å². The summed E-state index contributed by atoms with van der Waals surface area (Å²) in [4.78, 5) is 35.3. The van der Waals surface area contributed by atoms with Gasteiger partial charge in [-0.15, -0.1) is 0 Å². The maximum atomic E-state index is 14.1. The molecule has 0 radical (unpaired) electrons. The van der Waals surface area contributed by atoms with Crippen molar-refractivity contribution in [2.24, 2.45) is 4.99 Å². The lowest BCUT2D eigenvalue weighted by molar-refractivity contribution is -0.139. The molecule has 210 valence electrons. The number of carbonyl (C=O) groups is 1. The summed E-state index contributed by atoms with van der Waals surface area (Å²) < 4.78 is 13.9. The second-order valence-electron chi connectivity index (χ2n) is 10.0. The summed E-state index contributed by atoms with van der Waals surface area (Å²) in [5.41, 5.74) is 5.00. The molecule has 2 aromatic carbocycles. The summed E-state index contributed by atoms with van der Waals surface area (Å²) in [5, 5.41) is 0. The van der Waals surface area contributed by atoms with Crippen molar-refractivity contribution in [3.05, 3.63) is 88.5 Å². The monoisotopic (exact) mass is 623 g/mol. The van der Waals surface area contributed by atoms with Gasteiger partial charge >= 0.3 is 5.97 Å². The largest absolute Gasteiger partial charge is 0.496 e. The Morgan fingerprint density at radius 2 is 1.95 bits per heavy atom. The molecule has 40 heavy (non-hydrogen) atoms. The maximum Gasteiger partial charge on any atom is 0.338 e. The fraction of sp³-hybridized carbons (Fsp3) is 0.387. The van der Waals surface area contributed by atoms with Crippen LogP contribution in [0.25, 0.3) is 6.08 Å². The Morgan fingerprint density at radius 1 is 1.18 bits per heavy atom. The minimum absolute atomic E-state index is 0.180. The Hall–Kier alpha value is -3.17. The van der Waals surface area contributed by atoms with Crippen molar-refractivity contribution in [1.82, 2.24) is 4.57 Å². The summed E-state index contributed by atoms with van der Waals surface area (Å²) in [6.07, 6.45) is 5.80. The van der Waals surface area contributed by atoms with Gasteiger partial charge in [-0.3, -0.25) is 9.36 Å². The number of rotatable bonds is 8. The molecule has 0 unspecified atom stereocenters. The van der Waals surface area contributed by atoms with E-state index in [1.807, 2.05) is 31.2 Å². The first kappa shape index (κ1) is 28.4. The summed E-state index contributed by atoms with van der Waals surface area (Å²) in [6, 6.07) is 11.4. The van der Waals surface area contributed by atoms with Gasteiger partial charge in [0.15, 0.2) is 4.80 Å². The Bertz CT molecular complexity index is 1650. The quantitative estimate of drug-likeness (QED) is 0.320. The van der Waals surface area contributed by atoms with Gasteiger partial charge in [-0.1, -0.05) is 36.8 Å². The zero-order valence-electron chi connectivity index (χ0n) is 23.3. The highest BCUT2D eigenvalue weighted by molar-refractivity contribution is 9.10. The third kappa shape index (κ3) is 5.41. The molecule has 0 spiro atoms. The number of allylic oxidation sites excluding steroid dienone is 1. The van der Waals surface area contributed by atoms with Crippen molar-refractivity contribution in [2.45, 2.75) is 52.5 Å². The van der Waals surface area contributed by atoms with Crippen LogP contribution in [0.2, 0.25) is 0 Å². The number of carbonyl (C=O) groups excluding carboxylic acids is 1. The lowest BCUT2D eigenvalue weighted by Gasteiger charge is -2.26. The number of esters is 1. The summed E-state index contributed by atoms with van der Waals surface area (Å²) in [6.45, 7) is 8.32. The highest BCUT2D eigenvalue weighted by Gasteiger charge is 2.34. The lowest BCUT2D eigenvalue weighted by Crippen LogP contribution is -2.40. The summed E-state index contributed by atoms with van der Waals surface area (Å²) in [5.74, 6) is 0.216. The molecule has 2 aliphatic rings. The number of hydrogen-bond acceptors (Lipinski definition) is 7. The predicted molar refractivity (Wildman–Crippen MR) is 163 cm³/mol. The molecule has 1 atom stereocenters. The van der Waals surface area contributed by atoms with E-state index in [1.165, 1.54) is 29.9 Å². The number of methoxy groups -OCH3 is 1. The van der Waals surface area contributed by atoms with Gasteiger partial charge in [0, 0.05) is 18.8 Å². The molecule has 0 saturated carbocycles. The second kappa shape index (κ2) is 12.1. The number of hydrogen-bond donors (Lipinski definition) is 0. The topological polar surface area (TPSA) is 73.1 Å². The van der Waals surface area contributed by atoms with Crippen LogP contribution >= 0.6 is 27.3 Å². The molecular weight excluding hydrogens is 590 g/mol. The van der Waals surface area contributed by atoms with Gasteiger partial charge in [0.1, 0.15) is 5.75 Å². The van der Waals surface area contributed by atoms with Crippen LogP contribution in [0.1, 0.15) is 62.3 Å². The average molecular weight is 625 g/mol. The molecule has 2 aliphatic heterocycles. The number of ether oxygens (including phenoxy) is 2. The van der Waals surface area contributed by atoms with E-state index in [0.717, 1.165) is 40.7 Å². The fourth-order valence-electron chi connectivity index (χ4n) is 5.42. The maximum absolute atomic E-state index is 14.1. The van der Waals surface area contributed by atoms with E-state index in [-0.39, 0.29) is 12.2 Å². The van der Waals surface area contributed by atoms with Gasteiger partial charge in [-0.25, -0.2) is 9.79 Å².